The molecule has 0 aliphatic carbocycles. The van der Waals surface area contributed by atoms with Crippen LogP contribution in [0.1, 0.15) is 30.4 Å². The van der Waals surface area contributed by atoms with Crippen LogP contribution in [0.4, 0.5) is 0 Å². The Bertz CT molecular complexity index is 878. The summed E-state index contributed by atoms with van der Waals surface area (Å²) >= 11 is 0. The maximum atomic E-state index is 12.4. The van der Waals surface area contributed by atoms with Crippen LogP contribution in [0.3, 0.4) is 0 Å². The van der Waals surface area contributed by atoms with Gasteiger partial charge in [-0.1, -0.05) is 67.1 Å². The third-order valence-corrected chi connectivity index (χ3v) is 4.57. The van der Waals surface area contributed by atoms with E-state index in [1.54, 1.807) is 6.07 Å². The number of benzene rings is 2. The number of rotatable bonds is 8. The molecule has 144 valence electrons. The minimum absolute atomic E-state index is 0.0121. The molecule has 0 aliphatic rings. The molecular formula is C23H25N3O2. The Morgan fingerprint density at radius 3 is 2.39 bits per heavy atom. The molecule has 0 radical (unpaired) electrons. The molecule has 0 spiro atoms. The van der Waals surface area contributed by atoms with Crippen molar-refractivity contribution in [2.75, 3.05) is 13.2 Å². The number of carbonyl (C=O) groups is 1. The van der Waals surface area contributed by atoms with Crippen LogP contribution < -0.4 is 10.1 Å². The molecule has 5 heteroatoms. The van der Waals surface area contributed by atoms with E-state index in [4.69, 9.17) is 4.74 Å². The second-order valence-electron chi connectivity index (χ2n) is 6.63. The fourth-order valence-corrected chi connectivity index (χ4v) is 2.99. The normalized spacial score (nSPS) is 11.6. The fraction of sp³-hybridized carbons (Fsp3) is 0.261. The molecule has 0 bridgehead atoms. The van der Waals surface area contributed by atoms with Crippen molar-refractivity contribution >= 4 is 5.91 Å². The summed E-state index contributed by atoms with van der Waals surface area (Å²) < 4.78 is 5.60. The van der Waals surface area contributed by atoms with Crippen LogP contribution in [-0.2, 0) is 4.79 Å². The molecule has 1 amide bonds. The smallest absolute Gasteiger partial charge is 0.233 e. The summed E-state index contributed by atoms with van der Waals surface area (Å²) in [5.74, 6) is 0.313. The Hall–Kier alpha value is -3.21. The average molecular weight is 375 g/mol. The topological polar surface area (TPSA) is 64.1 Å². The Morgan fingerprint density at radius 2 is 1.75 bits per heavy atom. The van der Waals surface area contributed by atoms with Gasteiger partial charge in [-0.15, -0.1) is 10.2 Å². The van der Waals surface area contributed by atoms with Crippen molar-refractivity contribution in [1.29, 1.82) is 0 Å². The molecule has 0 aliphatic heterocycles. The molecule has 1 aromatic heterocycles. The minimum atomic E-state index is -0.144. The predicted octanol–water partition coefficient (Wildman–Crippen LogP) is 4.14. The molecule has 2 aromatic carbocycles. The molecule has 5 nitrogen and oxygen atoms in total. The zero-order chi connectivity index (χ0) is 19.8. The van der Waals surface area contributed by atoms with Gasteiger partial charge in [-0.3, -0.25) is 4.79 Å². The molecule has 1 N–H and O–H groups in total. The summed E-state index contributed by atoms with van der Waals surface area (Å²) in [6.45, 7) is 4.83. The maximum Gasteiger partial charge on any atom is 0.233 e. The largest absolute Gasteiger partial charge is 0.475 e. The molecule has 0 unspecified atom stereocenters. The van der Waals surface area contributed by atoms with Crippen LogP contribution >= 0.6 is 0 Å². The predicted molar refractivity (Wildman–Crippen MR) is 110 cm³/mol. The lowest BCUT2D eigenvalue weighted by molar-refractivity contribution is -0.122. The van der Waals surface area contributed by atoms with Crippen molar-refractivity contribution in [3.05, 3.63) is 77.9 Å². The van der Waals surface area contributed by atoms with E-state index in [-0.39, 0.29) is 11.8 Å². The van der Waals surface area contributed by atoms with Crippen molar-refractivity contribution in [2.45, 2.75) is 26.2 Å². The van der Waals surface area contributed by atoms with E-state index in [0.717, 1.165) is 23.2 Å². The fourth-order valence-electron chi connectivity index (χ4n) is 2.99. The van der Waals surface area contributed by atoms with Gasteiger partial charge in [0, 0.05) is 11.6 Å². The SMILES string of the molecule is CC[C@H](C(=O)NCCOc1ccc(-c2ccc(C)cc2)nn1)c1ccccc1. The van der Waals surface area contributed by atoms with Crippen molar-refractivity contribution in [1.82, 2.24) is 15.5 Å². The van der Waals surface area contributed by atoms with Crippen LogP contribution in [0.2, 0.25) is 0 Å². The molecule has 28 heavy (non-hydrogen) atoms. The highest BCUT2D eigenvalue weighted by molar-refractivity contribution is 5.83. The number of hydrogen-bond acceptors (Lipinski definition) is 4. The molecular weight excluding hydrogens is 350 g/mol. The van der Waals surface area contributed by atoms with E-state index in [1.807, 2.05) is 74.5 Å². The van der Waals surface area contributed by atoms with Gasteiger partial charge in [-0.2, -0.15) is 0 Å². The standard InChI is InChI=1S/C23H25N3O2/c1-3-20(18-7-5-4-6-8-18)23(27)24-15-16-28-22-14-13-21(25-26-22)19-11-9-17(2)10-12-19/h4-14,20H,3,15-16H2,1-2H3,(H,24,27)/t20-/m0/s1. The van der Waals surface area contributed by atoms with Crippen molar-refractivity contribution in [3.8, 4) is 17.1 Å². The van der Waals surface area contributed by atoms with E-state index < -0.39 is 0 Å². The summed E-state index contributed by atoms with van der Waals surface area (Å²) in [4.78, 5) is 12.4. The lowest BCUT2D eigenvalue weighted by atomic mass is 9.96. The lowest BCUT2D eigenvalue weighted by Crippen LogP contribution is -2.32. The number of carbonyl (C=O) groups excluding carboxylic acids is 1. The molecule has 3 rings (SSSR count). The second kappa shape index (κ2) is 9.65. The molecule has 0 fully saturated rings. The zero-order valence-corrected chi connectivity index (χ0v) is 16.3. The van der Waals surface area contributed by atoms with Gasteiger partial charge >= 0.3 is 0 Å². The molecule has 0 saturated carbocycles. The minimum Gasteiger partial charge on any atom is -0.475 e. The number of hydrogen-bond donors (Lipinski definition) is 1. The number of nitrogens with one attached hydrogen (secondary N) is 1. The van der Waals surface area contributed by atoms with Gasteiger partial charge in [0.1, 0.15) is 6.61 Å². The summed E-state index contributed by atoms with van der Waals surface area (Å²) in [6.07, 6.45) is 0.753. The summed E-state index contributed by atoms with van der Waals surface area (Å²) in [5.41, 5.74) is 4.05. The van der Waals surface area contributed by atoms with Gasteiger partial charge in [0.05, 0.1) is 18.2 Å². The maximum absolute atomic E-state index is 12.4. The quantitative estimate of drug-likeness (QED) is 0.601. The highest BCUT2D eigenvalue weighted by Crippen LogP contribution is 2.19. The molecule has 3 aromatic rings. The number of aryl methyl sites for hydroxylation is 1. The first kappa shape index (κ1) is 19.5. The number of nitrogens with zero attached hydrogens (tertiary/aromatic N) is 2. The first-order valence-corrected chi connectivity index (χ1v) is 9.53. The highest BCUT2D eigenvalue weighted by Gasteiger charge is 2.17. The van der Waals surface area contributed by atoms with Gasteiger partial charge in [0.25, 0.3) is 0 Å². The van der Waals surface area contributed by atoms with Gasteiger partial charge in [0.2, 0.25) is 11.8 Å². The van der Waals surface area contributed by atoms with E-state index in [2.05, 4.69) is 15.5 Å². The first-order valence-electron chi connectivity index (χ1n) is 9.53. The van der Waals surface area contributed by atoms with Crippen LogP contribution in [0.15, 0.2) is 66.7 Å². The highest BCUT2D eigenvalue weighted by atomic mass is 16.5. The van der Waals surface area contributed by atoms with Gasteiger partial charge in [0.15, 0.2) is 0 Å². The van der Waals surface area contributed by atoms with E-state index in [9.17, 15) is 4.79 Å². The summed E-state index contributed by atoms with van der Waals surface area (Å²) in [7, 11) is 0. The van der Waals surface area contributed by atoms with Crippen LogP contribution in [0.25, 0.3) is 11.3 Å². The van der Waals surface area contributed by atoms with E-state index in [1.165, 1.54) is 5.56 Å². The Kier molecular flexibility index (Phi) is 6.73. The van der Waals surface area contributed by atoms with Crippen LogP contribution in [0, 0.1) is 6.92 Å². The lowest BCUT2D eigenvalue weighted by Gasteiger charge is -2.15. The van der Waals surface area contributed by atoms with Crippen LogP contribution in [0.5, 0.6) is 5.88 Å². The van der Waals surface area contributed by atoms with Gasteiger partial charge in [-0.05, 0) is 25.0 Å². The number of ether oxygens (including phenoxy) is 1. The average Bonchev–Trinajstić information content (AvgIpc) is 2.74. The monoisotopic (exact) mass is 375 g/mol. The van der Waals surface area contributed by atoms with Gasteiger partial charge in [-0.25, -0.2) is 0 Å². The zero-order valence-electron chi connectivity index (χ0n) is 16.3. The third kappa shape index (κ3) is 5.16. The van der Waals surface area contributed by atoms with E-state index in [0.29, 0.717) is 19.0 Å². The first-order chi connectivity index (χ1) is 13.7. The van der Waals surface area contributed by atoms with E-state index >= 15 is 0 Å². The Balaban J connectivity index is 1.47. The Morgan fingerprint density at radius 1 is 1.00 bits per heavy atom. The number of aromatic nitrogens is 2. The molecule has 1 heterocycles. The van der Waals surface area contributed by atoms with Crippen molar-refractivity contribution in [2.24, 2.45) is 0 Å². The summed E-state index contributed by atoms with van der Waals surface area (Å²) in [5, 5.41) is 11.3. The summed E-state index contributed by atoms with van der Waals surface area (Å²) in [6, 6.07) is 21.6. The number of amides is 1. The van der Waals surface area contributed by atoms with Gasteiger partial charge < -0.3 is 10.1 Å². The second-order valence-corrected chi connectivity index (χ2v) is 6.63. The molecule has 0 saturated heterocycles. The Labute approximate surface area is 165 Å². The van der Waals surface area contributed by atoms with Crippen molar-refractivity contribution in [3.63, 3.8) is 0 Å². The van der Waals surface area contributed by atoms with Crippen molar-refractivity contribution < 1.29 is 9.53 Å². The molecule has 1 atom stereocenters. The third-order valence-electron chi connectivity index (χ3n) is 4.57. The van der Waals surface area contributed by atoms with Crippen LogP contribution in [-0.4, -0.2) is 29.3 Å².